The summed E-state index contributed by atoms with van der Waals surface area (Å²) in [6.45, 7) is 7.16. The molecule has 0 spiro atoms. The Labute approximate surface area is 150 Å². The maximum absolute atomic E-state index is 12.6. The molecule has 0 radical (unpaired) electrons. The minimum absolute atomic E-state index is 0.000858. The largest absolute Gasteiger partial charge is 0.497 e. The van der Waals surface area contributed by atoms with Crippen molar-refractivity contribution in [2.24, 2.45) is 11.3 Å². The minimum Gasteiger partial charge on any atom is -0.497 e. The van der Waals surface area contributed by atoms with Crippen molar-refractivity contribution in [3.05, 3.63) is 29.3 Å². The highest BCUT2D eigenvalue weighted by molar-refractivity contribution is 5.74. The Morgan fingerprint density at radius 1 is 1.32 bits per heavy atom. The lowest BCUT2D eigenvalue weighted by Gasteiger charge is -2.69. The quantitative estimate of drug-likeness (QED) is 0.790. The molecule has 5 atom stereocenters. The number of fused-ring (bicyclic) bond motifs is 2. The molecule has 5 unspecified atom stereocenters. The maximum atomic E-state index is 12.6. The molecule has 3 fully saturated rings. The molecule has 2 saturated heterocycles. The van der Waals surface area contributed by atoms with E-state index in [1.807, 2.05) is 6.92 Å². The summed E-state index contributed by atoms with van der Waals surface area (Å²) in [5.41, 5.74) is 3.03. The van der Waals surface area contributed by atoms with Gasteiger partial charge in [0.15, 0.2) is 0 Å². The fraction of sp³-hybridized carbons (Fsp3) is 0.667. The van der Waals surface area contributed by atoms with Gasteiger partial charge in [0.2, 0.25) is 0 Å². The van der Waals surface area contributed by atoms with Crippen LogP contribution in [0.15, 0.2) is 18.2 Å². The Balaban J connectivity index is 1.79. The van der Waals surface area contributed by atoms with Crippen molar-refractivity contribution in [2.75, 3.05) is 20.8 Å². The second-order valence-corrected chi connectivity index (χ2v) is 8.49. The van der Waals surface area contributed by atoms with Gasteiger partial charge in [-0.15, -0.1) is 0 Å². The third-order valence-corrected chi connectivity index (χ3v) is 7.65. The van der Waals surface area contributed by atoms with E-state index in [9.17, 15) is 4.79 Å². The summed E-state index contributed by atoms with van der Waals surface area (Å²) >= 11 is 0. The van der Waals surface area contributed by atoms with Gasteiger partial charge >= 0.3 is 5.97 Å². The van der Waals surface area contributed by atoms with Gasteiger partial charge in [-0.25, -0.2) is 0 Å². The Morgan fingerprint density at radius 3 is 2.76 bits per heavy atom. The van der Waals surface area contributed by atoms with Crippen LogP contribution < -0.4 is 4.74 Å². The van der Waals surface area contributed by atoms with Gasteiger partial charge in [-0.2, -0.15) is 0 Å². The van der Waals surface area contributed by atoms with Crippen LogP contribution in [-0.2, 0) is 21.4 Å². The second-order valence-electron chi connectivity index (χ2n) is 8.49. The SMILES string of the molecule is CCOC(=O)C1CC2(C)C3Cc4cc(OC)ccc4C2(C)CC1N3C. The monoisotopic (exact) mass is 343 g/mol. The smallest absolute Gasteiger partial charge is 0.310 e. The van der Waals surface area contributed by atoms with Gasteiger partial charge in [0.25, 0.3) is 0 Å². The fourth-order valence-electron chi connectivity index (χ4n) is 6.11. The highest BCUT2D eigenvalue weighted by Gasteiger charge is 2.66. The average Bonchev–Trinajstić information content (AvgIpc) is 2.59. The number of benzene rings is 1. The lowest BCUT2D eigenvalue weighted by atomic mass is 9.42. The van der Waals surface area contributed by atoms with Crippen LogP contribution in [0.4, 0.5) is 0 Å². The molecule has 0 aromatic heterocycles. The molecule has 136 valence electrons. The van der Waals surface area contributed by atoms with E-state index >= 15 is 0 Å². The minimum atomic E-state index is -0.0124. The van der Waals surface area contributed by atoms with Crippen molar-refractivity contribution in [1.82, 2.24) is 4.90 Å². The summed E-state index contributed by atoms with van der Waals surface area (Å²) in [6, 6.07) is 7.28. The number of hydrogen-bond acceptors (Lipinski definition) is 4. The summed E-state index contributed by atoms with van der Waals surface area (Å²) in [5, 5.41) is 0. The van der Waals surface area contributed by atoms with Crippen LogP contribution in [0.1, 0.15) is 44.7 Å². The number of ether oxygens (including phenoxy) is 2. The zero-order valence-corrected chi connectivity index (χ0v) is 16.0. The molecule has 2 aliphatic heterocycles. The summed E-state index contributed by atoms with van der Waals surface area (Å²) in [7, 11) is 3.93. The molecule has 25 heavy (non-hydrogen) atoms. The van der Waals surface area contributed by atoms with Crippen molar-refractivity contribution in [2.45, 2.75) is 57.5 Å². The van der Waals surface area contributed by atoms with Crippen LogP contribution in [0.2, 0.25) is 0 Å². The van der Waals surface area contributed by atoms with E-state index < -0.39 is 0 Å². The van der Waals surface area contributed by atoms with Gasteiger partial charge in [-0.05, 0) is 61.9 Å². The number of esters is 1. The first-order chi connectivity index (χ1) is 11.9. The van der Waals surface area contributed by atoms with Crippen molar-refractivity contribution < 1.29 is 14.3 Å². The zero-order chi connectivity index (χ0) is 18.0. The van der Waals surface area contributed by atoms with Crippen LogP contribution in [0.3, 0.4) is 0 Å². The molecule has 2 aliphatic carbocycles. The standard InChI is InChI=1S/C21H29NO3/c1-6-25-19(23)15-11-21(3)18-10-13-9-14(24-5)7-8-16(13)20(21,2)12-17(15)22(18)4/h7-9,15,17-18H,6,10-12H2,1-5H3. The molecule has 2 heterocycles. The third-order valence-electron chi connectivity index (χ3n) is 7.65. The van der Waals surface area contributed by atoms with Crippen LogP contribution in [0.25, 0.3) is 0 Å². The van der Waals surface area contributed by atoms with E-state index in [0.717, 1.165) is 25.0 Å². The first kappa shape index (κ1) is 16.9. The lowest BCUT2D eigenvalue weighted by Crippen LogP contribution is -2.73. The predicted molar refractivity (Wildman–Crippen MR) is 96.9 cm³/mol. The summed E-state index contributed by atoms with van der Waals surface area (Å²) in [5.74, 6) is 0.922. The van der Waals surface area contributed by atoms with E-state index in [2.05, 4.69) is 44.0 Å². The average molecular weight is 343 g/mol. The molecule has 1 aromatic carbocycles. The van der Waals surface area contributed by atoms with E-state index in [1.165, 1.54) is 11.1 Å². The summed E-state index contributed by atoms with van der Waals surface area (Å²) < 4.78 is 10.8. The molecule has 5 rings (SSSR count). The van der Waals surface area contributed by atoms with Crippen molar-refractivity contribution in [3.8, 4) is 5.75 Å². The van der Waals surface area contributed by atoms with E-state index in [0.29, 0.717) is 12.6 Å². The molecule has 0 N–H and O–H groups in total. The summed E-state index contributed by atoms with van der Waals surface area (Å²) in [4.78, 5) is 15.0. The number of piperidine rings is 2. The number of rotatable bonds is 3. The highest BCUT2D eigenvalue weighted by Crippen LogP contribution is 2.64. The van der Waals surface area contributed by atoms with Gasteiger partial charge < -0.3 is 9.47 Å². The first-order valence-corrected chi connectivity index (χ1v) is 9.41. The molecular weight excluding hydrogens is 314 g/mol. The molecule has 0 amide bonds. The van der Waals surface area contributed by atoms with Crippen molar-refractivity contribution in [3.63, 3.8) is 0 Å². The number of likely N-dealkylation sites (N-methyl/N-ethyl adjacent to an activating group) is 1. The fourth-order valence-corrected chi connectivity index (χ4v) is 6.11. The molecule has 4 nitrogen and oxygen atoms in total. The highest BCUT2D eigenvalue weighted by atomic mass is 16.5. The summed E-state index contributed by atoms with van der Waals surface area (Å²) in [6.07, 6.45) is 2.97. The lowest BCUT2D eigenvalue weighted by molar-refractivity contribution is -0.180. The van der Waals surface area contributed by atoms with Gasteiger partial charge in [-0.1, -0.05) is 19.9 Å². The van der Waals surface area contributed by atoms with E-state index in [-0.39, 0.29) is 28.8 Å². The first-order valence-electron chi connectivity index (χ1n) is 9.41. The van der Waals surface area contributed by atoms with E-state index in [1.54, 1.807) is 7.11 Å². The number of nitrogens with zero attached hydrogens (tertiary/aromatic N) is 1. The van der Waals surface area contributed by atoms with Crippen LogP contribution in [0, 0.1) is 11.3 Å². The molecule has 1 saturated carbocycles. The number of hydrogen-bond donors (Lipinski definition) is 0. The number of carbonyl (C=O) groups excluding carboxylic acids is 1. The van der Waals surface area contributed by atoms with Gasteiger partial charge in [0.05, 0.1) is 19.6 Å². The van der Waals surface area contributed by atoms with Crippen molar-refractivity contribution in [1.29, 1.82) is 0 Å². The molecule has 4 bridgehead atoms. The molecule has 4 heteroatoms. The van der Waals surface area contributed by atoms with Crippen LogP contribution in [0.5, 0.6) is 5.75 Å². The number of carbonyl (C=O) groups is 1. The van der Waals surface area contributed by atoms with Crippen LogP contribution >= 0.6 is 0 Å². The predicted octanol–water partition coefficient (Wildman–Crippen LogP) is 3.17. The Morgan fingerprint density at radius 2 is 2.08 bits per heavy atom. The molecule has 4 aliphatic rings. The van der Waals surface area contributed by atoms with E-state index in [4.69, 9.17) is 9.47 Å². The molecular formula is C21H29NO3. The Hall–Kier alpha value is -1.55. The third kappa shape index (κ3) is 2.06. The van der Waals surface area contributed by atoms with Crippen molar-refractivity contribution >= 4 is 5.97 Å². The topological polar surface area (TPSA) is 38.8 Å². The number of methoxy groups -OCH3 is 1. The normalized spacial score (nSPS) is 39.0. The Bertz CT molecular complexity index is 717. The second kappa shape index (κ2) is 5.47. The van der Waals surface area contributed by atoms with Gasteiger partial charge in [0, 0.05) is 17.5 Å². The maximum Gasteiger partial charge on any atom is 0.310 e. The van der Waals surface area contributed by atoms with Gasteiger partial charge in [-0.3, -0.25) is 9.69 Å². The Kier molecular flexibility index (Phi) is 3.70. The van der Waals surface area contributed by atoms with Crippen LogP contribution in [-0.4, -0.2) is 43.7 Å². The molecule has 1 aromatic rings. The van der Waals surface area contributed by atoms with Gasteiger partial charge in [0.1, 0.15) is 5.75 Å². The zero-order valence-electron chi connectivity index (χ0n) is 16.0.